The molecular weight excluding hydrogens is 446 g/mol. The molecule has 0 aliphatic heterocycles. The second-order valence-electron chi connectivity index (χ2n) is 7.86. The van der Waals surface area contributed by atoms with Gasteiger partial charge in [-0.15, -0.1) is 0 Å². The molecule has 0 bridgehead atoms. The van der Waals surface area contributed by atoms with Gasteiger partial charge in [-0.1, -0.05) is 78.9 Å². The maximum atomic E-state index is 12.6. The number of anilines is 1. The minimum atomic E-state index is -4.05. The predicted octanol–water partition coefficient (Wildman–Crippen LogP) is 5.03. The van der Waals surface area contributed by atoms with Gasteiger partial charge in [0.2, 0.25) is 10.0 Å². The van der Waals surface area contributed by atoms with Gasteiger partial charge in [-0.25, -0.2) is 13.6 Å². The maximum absolute atomic E-state index is 12.6. The lowest BCUT2D eigenvalue weighted by molar-refractivity contribution is 0.468. The summed E-state index contributed by atoms with van der Waals surface area (Å²) in [6, 6.07) is 32.4. The second kappa shape index (κ2) is 11.0. The first-order chi connectivity index (χ1) is 16.5. The molecule has 0 fully saturated rings. The highest BCUT2D eigenvalue weighted by molar-refractivity contribution is 7.89. The summed E-state index contributed by atoms with van der Waals surface area (Å²) in [6.45, 7) is 1.61. The van der Waals surface area contributed by atoms with E-state index in [0.29, 0.717) is 31.1 Å². The van der Waals surface area contributed by atoms with Crippen molar-refractivity contribution < 1.29 is 13.2 Å². The molecule has 4 aromatic carbocycles. The number of nitrogens with one attached hydrogen (secondary N) is 2. The molecule has 4 rings (SSSR count). The lowest BCUT2D eigenvalue weighted by atomic mass is 10.1. The summed E-state index contributed by atoms with van der Waals surface area (Å²) < 4.78 is 31.2. The van der Waals surface area contributed by atoms with Crippen LogP contribution in [0.4, 0.5) is 5.69 Å². The number of hydrogen-bond acceptors (Lipinski definition) is 5. The normalized spacial score (nSPS) is 11.2. The highest BCUT2D eigenvalue weighted by Crippen LogP contribution is 2.37. The van der Waals surface area contributed by atoms with Crippen LogP contribution in [0, 0.1) is 0 Å². The Morgan fingerprint density at radius 2 is 1.21 bits per heavy atom. The molecule has 0 aromatic heterocycles. The van der Waals surface area contributed by atoms with Crippen LogP contribution in [-0.2, 0) is 29.7 Å². The second-order valence-corrected chi connectivity index (χ2v) is 9.39. The Bertz CT molecular complexity index is 1310. The van der Waals surface area contributed by atoms with Gasteiger partial charge in [0.25, 0.3) is 0 Å². The van der Waals surface area contributed by atoms with Gasteiger partial charge in [0.1, 0.15) is 10.6 Å². The molecule has 34 heavy (non-hydrogen) atoms. The minimum Gasteiger partial charge on any atom is -0.454 e. The van der Waals surface area contributed by atoms with E-state index < -0.39 is 10.0 Å². The maximum Gasteiger partial charge on any atom is 0.241 e. The van der Waals surface area contributed by atoms with Crippen molar-refractivity contribution in [2.75, 3.05) is 5.32 Å². The van der Waals surface area contributed by atoms with E-state index in [1.165, 1.54) is 0 Å². The highest BCUT2D eigenvalue weighted by atomic mass is 32.2. The fraction of sp³-hybridized carbons (Fsp3) is 0.111. The van der Waals surface area contributed by atoms with Gasteiger partial charge >= 0.3 is 0 Å². The molecule has 0 unspecified atom stereocenters. The van der Waals surface area contributed by atoms with Crippen LogP contribution in [0.25, 0.3) is 0 Å². The van der Waals surface area contributed by atoms with Crippen molar-refractivity contribution in [1.82, 2.24) is 5.32 Å². The first kappa shape index (κ1) is 23.5. The monoisotopic (exact) mass is 473 g/mol. The lowest BCUT2D eigenvalue weighted by Crippen LogP contribution is -2.17. The van der Waals surface area contributed by atoms with Crippen LogP contribution in [0.1, 0.15) is 16.7 Å². The van der Waals surface area contributed by atoms with Gasteiger partial charge in [-0.2, -0.15) is 0 Å². The number of primary sulfonamides is 1. The smallest absolute Gasteiger partial charge is 0.241 e. The molecule has 4 N–H and O–H groups in total. The number of para-hydroxylation sites is 1. The standard InChI is InChI=1S/C27H27N3O3S/c28-34(31,32)26-17-23(19-29-18-21-10-4-1-5-11-21)16-25(30-20-22-12-6-2-7-13-22)27(26)33-24-14-8-3-9-15-24/h1-17,29-30H,18-20H2,(H2,28,31,32). The van der Waals surface area contributed by atoms with Gasteiger partial charge in [0, 0.05) is 19.6 Å². The third-order valence-corrected chi connectivity index (χ3v) is 6.13. The molecule has 0 aliphatic carbocycles. The first-order valence-corrected chi connectivity index (χ1v) is 12.5. The van der Waals surface area contributed by atoms with Crippen LogP contribution in [-0.4, -0.2) is 8.42 Å². The van der Waals surface area contributed by atoms with Gasteiger partial charge in [0.15, 0.2) is 5.75 Å². The van der Waals surface area contributed by atoms with E-state index >= 15 is 0 Å². The van der Waals surface area contributed by atoms with Crippen LogP contribution in [0.15, 0.2) is 108 Å². The lowest BCUT2D eigenvalue weighted by Gasteiger charge is -2.18. The summed E-state index contributed by atoms with van der Waals surface area (Å²) in [5, 5.41) is 12.3. The third kappa shape index (κ3) is 6.45. The Labute approximate surface area is 200 Å². The van der Waals surface area contributed by atoms with Gasteiger partial charge in [-0.05, 0) is 41.0 Å². The molecule has 0 spiro atoms. The Balaban J connectivity index is 1.66. The average molecular weight is 474 g/mol. The molecule has 0 heterocycles. The Hall–Kier alpha value is -3.65. The number of sulfonamides is 1. The van der Waals surface area contributed by atoms with Gasteiger partial charge < -0.3 is 15.4 Å². The highest BCUT2D eigenvalue weighted by Gasteiger charge is 2.21. The van der Waals surface area contributed by atoms with Crippen LogP contribution in [0.5, 0.6) is 11.5 Å². The van der Waals surface area contributed by atoms with Crippen molar-refractivity contribution in [2.24, 2.45) is 5.14 Å². The molecule has 4 aromatic rings. The zero-order valence-electron chi connectivity index (χ0n) is 18.6. The topological polar surface area (TPSA) is 93.5 Å². The fourth-order valence-corrected chi connectivity index (χ4v) is 4.28. The van der Waals surface area contributed by atoms with Crippen LogP contribution in [0.3, 0.4) is 0 Å². The molecule has 0 aliphatic rings. The van der Waals surface area contributed by atoms with E-state index in [2.05, 4.69) is 10.6 Å². The summed E-state index contributed by atoms with van der Waals surface area (Å²) >= 11 is 0. The summed E-state index contributed by atoms with van der Waals surface area (Å²) in [5.41, 5.74) is 3.52. The zero-order chi connectivity index (χ0) is 23.8. The molecule has 0 saturated heterocycles. The van der Waals surface area contributed by atoms with Gasteiger partial charge in [-0.3, -0.25) is 0 Å². The van der Waals surface area contributed by atoms with Crippen molar-refractivity contribution in [2.45, 2.75) is 24.5 Å². The number of rotatable bonds is 10. The van der Waals surface area contributed by atoms with Crippen LogP contribution >= 0.6 is 0 Å². The van der Waals surface area contributed by atoms with Crippen LogP contribution < -0.4 is 20.5 Å². The summed E-state index contributed by atoms with van der Waals surface area (Å²) in [4.78, 5) is -0.0640. The first-order valence-electron chi connectivity index (χ1n) is 10.9. The number of benzene rings is 4. The zero-order valence-corrected chi connectivity index (χ0v) is 19.5. The van der Waals surface area contributed by atoms with Crippen LogP contribution in [0.2, 0.25) is 0 Å². The van der Waals surface area contributed by atoms with Crippen molar-refractivity contribution in [3.8, 4) is 11.5 Å². The fourth-order valence-electron chi connectivity index (χ4n) is 3.56. The van der Waals surface area contributed by atoms with E-state index in [-0.39, 0.29) is 10.6 Å². The molecular formula is C27H27N3O3S. The quantitative estimate of drug-likeness (QED) is 0.300. The molecule has 6 nitrogen and oxygen atoms in total. The largest absolute Gasteiger partial charge is 0.454 e. The number of hydrogen-bond donors (Lipinski definition) is 3. The molecule has 174 valence electrons. The summed E-state index contributed by atoms with van der Waals surface area (Å²) in [6.07, 6.45) is 0. The van der Waals surface area contributed by atoms with E-state index in [1.54, 1.807) is 18.2 Å². The molecule has 0 saturated carbocycles. The van der Waals surface area contributed by atoms with E-state index in [0.717, 1.165) is 16.7 Å². The molecule has 0 amide bonds. The molecule has 0 atom stereocenters. The predicted molar refractivity (Wildman–Crippen MR) is 135 cm³/mol. The van der Waals surface area contributed by atoms with Crippen molar-refractivity contribution >= 4 is 15.7 Å². The van der Waals surface area contributed by atoms with Crippen molar-refractivity contribution in [3.63, 3.8) is 0 Å². The van der Waals surface area contributed by atoms with Crippen molar-refractivity contribution in [3.05, 3.63) is 120 Å². The molecule has 0 radical (unpaired) electrons. The van der Waals surface area contributed by atoms with E-state index in [1.807, 2.05) is 84.9 Å². The Kier molecular flexibility index (Phi) is 7.59. The van der Waals surface area contributed by atoms with Gasteiger partial charge in [0.05, 0.1) is 5.69 Å². The minimum absolute atomic E-state index is 0.0640. The Morgan fingerprint density at radius 3 is 1.79 bits per heavy atom. The molecule has 7 heteroatoms. The number of ether oxygens (including phenoxy) is 1. The Morgan fingerprint density at radius 1 is 0.676 bits per heavy atom. The summed E-state index contributed by atoms with van der Waals surface area (Å²) in [5.74, 6) is 0.696. The van der Waals surface area contributed by atoms with E-state index in [9.17, 15) is 8.42 Å². The average Bonchev–Trinajstić information content (AvgIpc) is 2.85. The third-order valence-electron chi connectivity index (χ3n) is 5.21. The SMILES string of the molecule is NS(=O)(=O)c1cc(CNCc2ccccc2)cc(NCc2ccccc2)c1Oc1ccccc1. The van der Waals surface area contributed by atoms with E-state index in [4.69, 9.17) is 9.88 Å². The summed E-state index contributed by atoms with van der Waals surface area (Å²) in [7, 11) is -4.05. The van der Waals surface area contributed by atoms with Crippen molar-refractivity contribution in [1.29, 1.82) is 0 Å². The number of nitrogens with two attached hydrogens (primary N) is 1.